The second kappa shape index (κ2) is 7.23. The van der Waals surface area contributed by atoms with Gasteiger partial charge in [0.05, 0.1) is 6.04 Å². The van der Waals surface area contributed by atoms with Crippen LogP contribution in [0.1, 0.15) is 38.3 Å². The van der Waals surface area contributed by atoms with Crippen LogP contribution in [0.4, 0.5) is 0 Å². The lowest BCUT2D eigenvalue weighted by molar-refractivity contribution is -0.125. The average Bonchev–Trinajstić information content (AvgIpc) is 2.51. The van der Waals surface area contributed by atoms with Gasteiger partial charge in [0.1, 0.15) is 0 Å². The van der Waals surface area contributed by atoms with Crippen LogP contribution in [-0.4, -0.2) is 12.5 Å². The third-order valence-corrected chi connectivity index (χ3v) is 3.94. The van der Waals surface area contributed by atoms with E-state index in [1.165, 1.54) is 10.8 Å². The molecular formula is C18H24N2O. The van der Waals surface area contributed by atoms with E-state index < -0.39 is 0 Å². The summed E-state index contributed by atoms with van der Waals surface area (Å²) in [5.74, 6) is 0.106. The summed E-state index contributed by atoms with van der Waals surface area (Å²) in [6, 6.07) is 14.5. The first-order valence-corrected chi connectivity index (χ1v) is 7.61. The summed E-state index contributed by atoms with van der Waals surface area (Å²) in [5.41, 5.74) is 6.66. The zero-order valence-electron chi connectivity index (χ0n) is 12.8. The van der Waals surface area contributed by atoms with Gasteiger partial charge in [-0.15, -0.1) is 0 Å². The zero-order valence-corrected chi connectivity index (χ0v) is 12.8. The van der Waals surface area contributed by atoms with Crippen LogP contribution in [0.15, 0.2) is 42.5 Å². The summed E-state index contributed by atoms with van der Waals surface area (Å²) in [4.78, 5) is 12.2. The van der Waals surface area contributed by atoms with Crippen molar-refractivity contribution in [1.29, 1.82) is 0 Å². The highest BCUT2D eigenvalue weighted by atomic mass is 16.1. The lowest BCUT2D eigenvalue weighted by Crippen LogP contribution is -2.31. The van der Waals surface area contributed by atoms with Gasteiger partial charge in [-0.3, -0.25) is 4.79 Å². The third kappa shape index (κ3) is 3.82. The summed E-state index contributed by atoms with van der Waals surface area (Å²) in [7, 11) is 0. The molecule has 3 N–H and O–H groups in total. The Morgan fingerprint density at radius 1 is 1.14 bits per heavy atom. The Hall–Kier alpha value is -1.87. The number of hydrogen-bond donors (Lipinski definition) is 2. The molecule has 3 nitrogen and oxygen atoms in total. The minimum atomic E-state index is 0.00364. The Bertz CT molecular complexity index is 604. The standard InChI is InChI=1S/C18H24N2O/c1-13(7-6-12-19)18(21)20-14(2)16-11-5-9-15-8-3-4-10-17(15)16/h3-5,8-11,13-14H,6-7,12,19H2,1-2H3,(H,20,21). The van der Waals surface area contributed by atoms with Crippen molar-refractivity contribution in [2.45, 2.75) is 32.7 Å². The molecule has 3 heteroatoms. The fraction of sp³-hybridized carbons (Fsp3) is 0.389. The summed E-state index contributed by atoms with van der Waals surface area (Å²) in [6.45, 7) is 4.63. The van der Waals surface area contributed by atoms with Crippen molar-refractivity contribution in [3.8, 4) is 0 Å². The molecule has 0 aliphatic carbocycles. The number of nitrogens with one attached hydrogen (secondary N) is 1. The predicted molar refractivity (Wildman–Crippen MR) is 88.0 cm³/mol. The van der Waals surface area contributed by atoms with Gasteiger partial charge >= 0.3 is 0 Å². The average molecular weight is 284 g/mol. The van der Waals surface area contributed by atoms with Gasteiger partial charge in [-0.05, 0) is 42.6 Å². The van der Waals surface area contributed by atoms with Gasteiger partial charge in [0.15, 0.2) is 0 Å². The first kappa shape index (κ1) is 15.5. The van der Waals surface area contributed by atoms with Crippen LogP contribution in [0, 0.1) is 5.92 Å². The van der Waals surface area contributed by atoms with Gasteiger partial charge in [0.2, 0.25) is 5.91 Å². The highest BCUT2D eigenvalue weighted by Gasteiger charge is 2.16. The van der Waals surface area contributed by atoms with Crippen molar-refractivity contribution in [1.82, 2.24) is 5.32 Å². The van der Waals surface area contributed by atoms with Gasteiger partial charge in [-0.2, -0.15) is 0 Å². The molecule has 2 aromatic rings. The molecule has 0 spiro atoms. The first-order valence-electron chi connectivity index (χ1n) is 7.61. The van der Waals surface area contributed by atoms with Gasteiger partial charge in [-0.25, -0.2) is 0 Å². The molecule has 0 saturated heterocycles. The minimum Gasteiger partial charge on any atom is -0.349 e. The number of amides is 1. The lowest BCUT2D eigenvalue weighted by atomic mass is 9.98. The highest BCUT2D eigenvalue weighted by molar-refractivity contribution is 5.87. The van der Waals surface area contributed by atoms with E-state index in [4.69, 9.17) is 5.73 Å². The number of benzene rings is 2. The fourth-order valence-corrected chi connectivity index (χ4v) is 2.62. The zero-order chi connectivity index (χ0) is 15.2. The maximum Gasteiger partial charge on any atom is 0.223 e. The molecule has 0 bridgehead atoms. The van der Waals surface area contributed by atoms with Gasteiger partial charge in [-0.1, -0.05) is 49.4 Å². The Kier molecular flexibility index (Phi) is 5.34. The van der Waals surface area contributed by atoms with E-state index in [-0.39, 0.29) is 17.9 Å². The van der Waals surface area contributed by atoms with Crippen molar-refractivity contribution < 1.29 is 4.79 Å². The van der Waals surface area contributed by atoms with Crippen molar-refractivity contribution in [2.24, 2.45) is 11.7 Å². The van der Waals surface area contributed by atoms with Crippen LogP contribution < -0.4 is 11.1 Å². The molecule has 1 amide bonds. The van der Waals surface area contributed by atoms with E-state index in [1.807, 2.05) is 32.0 Å². The number of fused-ring (bicyclic) bond motifs is 1. The number of nitrogens with two attached hydrogens (primary N) is 1. The van der Waals surface area contributed by atoms with Crippen LogP contribution in [-0.2, 0) is 4.79 Å². The molecule has 2 rings (SSSR count). The van der Waals surface area contributed by atoms with Crippen LogP contribution in [0.3, 0.4) is 0 Å². The Balaban J connectivity index is 2.12. The molecule has 112 valence electrons. The van der Waals surface area contributed by atoms with E-state index >= 15 is 0 Å². The lowest BCUT2D eigenvalue weighted by Gasteiger charge is -2.19. The van der Waals surface area contributed by atoms with Crippen molar-refractivity contribution in [3.63, 3.8) is 0 Å². The Labute approximate surface area is 126 Å². The number of carbonyl (C=O) groups is 1. The molecule has 0 aromatic heterocycles. The third-order valence-electron chi connectivity index (χ3n) is 3.94. The van der Waals surface area contributed by atoms with Crippen LogP contribution in [0.25, 0.3) is 10.8 Å². The molecule has 0 saturated carbocycles. The van der Waals surface area contributed by atoms with Crippen molar-refractivity contribution in [3.05, 3.63) is 48.0 Å². The molecule has 0 heterocycles. The number of carbonyl (C=O) groups excluding carboxylic acids is 1. The van der Waals surface area contributed by atoms with Crippen LogP contribution in [0.2, 0.25) is 0 Å². The summed E-state index contributed by atoms with van der Waals surface area (Å²) < 4.78 is 0. The summed E-state index contributed by atoms with van der Waals surface area (Å²) in [5, 5.41) is 5.52. The van der Waals surface area contributed by atoms with Gasteiger partial charge < -0.3 is 11.1 Å². The molecular weight excluding hydrogens is 260 g/mol. The SMILES string of the molecule is CC(CCCN)C(=O)NC(C)c1cccc2ccccc12. The summed E-state index contributed by atoms with van der Waals surface area (Å²) in [6.07, 6.45) is 1.72. The van der Waals surface area contributed by atoms with Crippen LogP contribution in [0.5, 0.6) is 0 Å². The Morgan fingerprint density at radius 2 is 1.86 bits per heavy atom. The molecule has 0 radical (unpaired) electrons. The minimum absolute atomic E-state index is 0.00364. The number of rotatable bonds is 6. The normalized spacial score (nSPS) is 13.9. The summed E-state index contributed by atoms with van der Waals surface area (Å²) >= 11 is 0. The second-order valence-electron chi connectivity index (χ2n) is 5.63. The fourth-order valence-electron chi connectivity index (χ4n) is 2.62. The highest BCUT2D eigenvalue weighted by Crippen LogP contribution is 2.24. The molecule has 2 atom stereocenters. The molecule has 0 aliphatic rings. The van der Waals surface area contributed by atoms with Crippen molar-refractivity contribution >= 4 is 16.7 Å². The molecule has 2 aromatic carbocycles. The van der Waals surface area contributed by atoms with E-state index in [0.29, 0.717) is 6.54 Å². The topological polar surface area (TPSA) is 55.1 Å². The van der Waals surface area contributed by atoms with Gasteiger partial charge in [0, 0.05) is 5.92 Å². The smallest absolute Gasteiger partial charge is 0.223 e. The van der Waals surface area contributed by atoms with Crippen LogP contribution >= 0.6 is 0 Å². The molecule has 2 unspecified atom stereocenters. The first-order chi connectivity index (χ1) is 10.1. The quantitative estimate of drug-likeness (QED) is 0.854. The number of hydrogen-bond acceptors (Lipinski definition) is 2. The van der Waals surface area contributed by atoms with E-state index in [9.17, 15) is 4.79 Å². The molecule has 0 fully saturated rings. The molecule has 0 aliphatic heterocycles. The predicted octanol–water partition coefficient (Wildman–Crippen LogP) is 3.39. The monoisotopic (exact) mass is 284 g/mol. The maximum atomic E-state index is 12.2. The van der Waals surface area contributed by atoms with Gasteiger partial charge in [0.25, 0.3) is 0 Å². The van der Waals surface area contributed by atoms with E-state index in [2.05, 4.69) is 29.6 Å². The maximum absolute atomic E-state index is 12.2. The second-order valence-corrected chi connectivity index (χ2v) is 5.63. The van der Waals surface area contributed by atoms with E-state index in [0.717, 1.165) is 18.4 Å². The van der Waals surface area contributed by atoms with E-state index in [1.54, 1.807) is 0 Å². The Morgan fingerprint density at radius 3 is 2.62 bits per heavy atom. The van der Waals surface area contributed by atoms with Crippen molar-refractivity contribution in [2.75, 3.05) is 6.54 Å². The molecule has 21 heavy (non-hydrogen) atoms. The largest absolute Gasteiger partial charge is 0.349 e.